The number of hydrogen-bond acceptors (Lipinski definition) is 2. The number of nitrogens with one attached hydrogen (secondary N) is 1. The Labute approximate surface area is 154 Å². The summed E-state index contributed by atoms with van der Waals surface area (Å²) in [5, 5.41) is 4.36. The first-order valence-electron chi connectivity index (χ1n) is 10.2. The van der Waals surface area contributed by atoms with Crippen LogP contribution in [0.25, 0.3) is 0 Å². The Morgan fingerprint density at radius 3 is 2.00 bits per heavy atom. The molecule has 0 radical (unpaired) electrons. The SMILES string of the molecule is CCCCCCCCCCCC(=O)N/N=C(/CCC)c1ccccc1. The van der Waals surface area contributed by atoms with Crippen LogP contribution >= 0.6 is 0 Å². The average molecular weight is 345 g/mol. The van der Waals surface area contributed by atoms with Crippen LogP contribution in [0.4, 0.5) is 0 Å². The number of nitrogens with zero attached hydrogens (tertiary/aromatic N) is 1. The zero-order valence-electron chi connectivity index (χ0n) is 16.2. The van der Waals surface area contributed by atoms with E-state index in [0.29, 0.717) is 6.42 Å². The fraction of sp³-hybridized carbons (Fsp3) is 0.636. The lowest BCUT2D eigenvalue weighted by atomic mass is 10.1. The van der Waals surface area contributed by atoms with Crippen molar-refractivity contribution in [1.82, 2.24) is 5.43 Å². The third-order valence-electron chi connectivity index (χ3n) is 4.42. The molecule has 0 fully saturated rings. The fourth-order valence-electron chi connectivity index (χ4n) is 2.91. The maximum absolute atomic E-state index is 12.0. The molecule has 0 atom stereocenters. The topological polar surface area (TPSA) is 41.5 Å². The van der Waals surface area contributed by atoms with E-state index >= 15 is 0 Å². The molecule has 0 unspecified atom stereocenters. The number of carbonyl (C=O) groups excluding carboxylic acids is 1. The number of benzene rings is 1. The van der Waals surface area contributed by atoms with Gasteiger partial charge in [0.2, 0.25) is 5.91 Å². The van der Waals surface area contributed by atoms with Crippen molar-refractivity contribution >= 4 is 11.6 Å². The van der Waals surface area contributed by atoms with Crippen molar-refractivity contribution in [3.63, 3.8) is 0 Å². The summed E-state index contributed by atoms with van der Waals surface area (Å²) in [7, 11) is 0. The molecule has 0 heterocycles. The molecule has 3 nitrogen and oxygen atoms in total. The molecular formula is C22H36N2O. The summed E-state index contributed by atoms with van der Waals surface area (Å²) in [6.45, 7) is 4.38. The Hall–Kier alpha value is -1.64. The minimum Gasteiger partial charge on any atom is -0.273 e. The number of amides is 1. The zero-order valence-corrected chi connectivity index (χ0v) is 16.2. The lowest BCUT2D eigenvalue weighted by Crippen LogP contribution is -2.19. The molecule has 1 aromatic rings. The summed E-state index contributed by atoms with van der Waals surface area (Å²) in [4.78, 5) is 12.0. The van der Waals surface area contributed by atoms with E-state index in [2.05, 4.69) is 24.4 Å². The van der Waals surface area contributed by atoms with Gasteiger partial charge in [-0.15, -0.1) is 0 Å². The van der Waals surface area contributed by atoms with Gasteiger partial charge in [-0.2, -0.15) is 5.10 Å². The van der Waals surface area contributed by atoms with Crippen LogP contribution in [0.1, 0.15) is 96.5 Å². The molecule has 1 N–H and O–H groups in total. The van der Waals surface area contributed by atoms with E-state index in [1.54, 1.807) is 0 Å². The number of hydrazone groups is 1. The highest BCUT2D eigenvalue weighted by Crippen LogP contribution is 2.10. The molecule has 0 bridgehead atoms. The molecule has 0 aromatic heterocycles. The molecule has 0 aliphatic rings. The second-order valence-electron chi connectivity index (χ2n) is 6.79. The zero-order chi connectivity index (χ0) is 18.2. The summed E-state index contributed by atoms with van der Waals surface area (Å²) in [6.07, 6.45) is 13.9. The number of hydrogen-bond donors (Lipinski definition) is 1. The van der Waals surface area contributed by atoms with E-state index in [4.69, 9.17) is 0 Å². The highest BCUT2D eigenvalue weighted by molar-refractivity contribution is 6.01. The Morgan fingerprint density at radius 1 is 0.800 bits per heavy atom. The van der Waals surface area contributed by atoms with E-state index in [-0.39, 0.29) is 5.91 Å². The predicted octanol–water partition coefficient (Wildman–Crippen LogP) is 6.23. The molecule has 1 rings (SSSR count). The Kier molecular flexibility index (Phi) is 12.6. The maximum Gasteiger partial charge on any atom is 0.240 e. The third kappa shape index (κ3) is 10.8. The predicted molar refractivity (Wildman–Crippen MR) is 108 cm³/mol. The second-order valence-corrected chi connectivity index (χ2v) is 6.79. The van der Waals surface area contributed by atoms with Crippen LogP contribution in [0, 0.1) is 0 Å². The fourth-order valence-corrected chi connectivity index (χ4v) is 2.91. The Balaban J connectivity index is 2.18. The van der Waals surface area contributed by atoms with Crippen LogP contribution in [0.5, 0.6) is 0 Å². The van der Waals surface area contributed by atoms with Gasteiger partial charge in [0.25, 0.3) is 0 Å². The van der Waals surface area contributed by atoms with Gasteiger partial charge in [-0.1, -0.05) is 102 Å². The van der Waals surface area contributed by atoms with Crippen molar-refractivity contribution < 1.29 is 4.79 Å². The van der Waals surface area contributed by atoms with Crippen molar-refractivity contribution in [3.8, 4) is 0 Å². The van der Waals surface area contributed by atoms with Gasteiger partial charge in [0, 0.05) is 6.42 Å². The van der Waals surface area contributed by atoms with Crippen molar-refractivity contribution in [2.24, 2.45) is 5.10 Å². The monoisotopic (exact) mass is 344 g/mol. The summed E-state index contributed by atoms with van der Waals surface area (Å²) in [5.74, 6) is 0.0347. The summed E-state index contributed by atoms with van der Waals surface area (Å²) in [6, 6.07) is 10.1. The van der Waals surface area contributed by atoms with Gasteiger partial charge in [0.1, 0.15) is 0 Å². The van der Waals surface area contributed by atoms with E-state index in [1.165, 1.54) is 44.9 Å². The van der Waals surface area contributed by atoms with E-state index in [1.807, 2.05) is 30.3 Å². The summed E-state index contributed by atoms with van der Waals surface area (Å²) in [5.41, 5.74) is 4.79. The van der Waals surface area contributed by atoms with Gasteiger partial charge in [-0.05, 0) is 18.4 Å². The molecule has 0 spiro atoms. The van der Waals surface area contributed by atoms with Crippen LogP contribution in [0.15, 0.2) is 35.4 Å². The van der Waals surface area contributed by atoms with E-state index in [9.17, 15) is 4.79 Å². The Bertz CT molecular complexity index is 482. The standard InChI is InChI=1S/C22H36N2O/c1-3-5-6-7-8-9-10-11-15-19-22(25)24-23-21(16-4-2)20-17-13-12-14-18-20/h12-14,17-18H,3-11,15-16,19H2,1-2H3,(H,24,25)/b23-21-. The van der Waals surface area contributed by atoms with Crippen LogP contribution in [-0.2, 0) is 4.79 Å². The number of rotatable bonds is 14. The Morgan fingerprint density at radius 2 is 1.40 bits per heavy atom. The molecule has 0 aliphatic carbocycles. The molecule has 0 saturated carbocycles. The maximum atomic E-state index is 12.0. The minimum atomic E-state index is 0.0347. The molecular weight excluding hydrogens is 308 g/mol. The molecule has 1 aromatic carbocycles. The van der Waals surface area contributed by atoms with Crippen molar-refractivity contribution in [1.29, 1.82) is 0 Å². The third-order valence-corrected chi connectivity index (χ3v) is 4.42. The van der Waals surface area contributed by atoms with Gasteiger partial charge in [-0.25, -0.2) is 5.43 Å². The first kappa shape index (κ1) is 21.4. The van der Waals surface area contributed by atoms with Gasteiger partial charge in [0.05, 0.1) is 5.71 Å². The molecule has 25 heavy (non-hydrogen) atoms. The minimum absolute atomic E-state index is 0.0347. The van der Waals surface area contributed by atoms with Gasteiger partial charge >= 0.3 is 0 Å². The highest BCUT2D eigenvalue weighted by atomic mass is 16.2. The molecule has 3 heteroatoms. The molecule has 0 aliphatic heterocycles. The normalized spacial score (nSPS) is 11.5. The summed E-state index contributed by atoms with van der Waals surface area (Å²) >= 11 is 0. The molecule has 1 amide bonds. The lowest BCUT2D eigenvalue weighted by molar-refractivity contribution is -0.121. The van der Waals surface area contributed by atoms with Crippen LogP contribution in [-0.4, -0.2) is 11.6 Å². The van der Waals surface area contributed by atoms with Crippen LogP contribution in [0.3, 0.4) is 0 Å². The second kappa shape index (κ2) is 14.7. The van der Waals surface area contributed by atoms with E-state index in [0.717, 1.165) is 37.0 Å². The summed E-state index contributed by atoms with van der Waals surface area (Å²) < 4.78 is 0. The number of carbonyl (C=O) groups is 1. The first-order chi connectivity index (χ1) is 12.3. The van der Waals surface area contributed by atoms with Gasteiger partial charge in [-0.3, -0.25) is 4.79 Å². The lowest BCUT2D eigenvalue weighted by Gasteiger charge is -2.06. The average Bonchev–Trinajstić information content (AvgIpc) is 2.64. The molecule has 140 valence electrons. The highest BCUT2D eigenvalue weighted by Gasteiger charge is 2.04. The van der Waals surface area contributed by atoms with Crippen molar-refractivity contribution in [3.05, 3.63) is 35.9 Å². The van der Waals surface area contributed by atoms with Crippen molar-refractivity contribution in [2.75, 3.05) is 0 Å². The largest absolute Gasteiger partial charge is 0.273 e. The smallest absolute Gasteiger partial charge is 0.240 e. The first-order valence-corrected chi connectivity index (χ1v) is 10.2. The van der Waals surface area contributed by atoms with Crippen molar-refractivity contribution in [2.45, 2.75) is 90.9 Å². The number of unbranched alkanes of at least 4 members (excludes halogenated alkanes) is 8. The van der Waals surface area contributed by atoms with Gasteiger partial charge in [0.15, 0.2) is 0 Å². The van der Waals surface area contributed by atoms with E-state index < -0.39 is 0 Å². The quantitative estimate of drug-likeness (QED) is 0.243. The van der Waals surface area contributed by atoms with Crippen LogP contribution in [0.2, 0.25) is 0 Å². The van der Waals surface area contributed by atoms with Gasteiger partial charge < -0.3 is 0 Å². The van der Waals surface area contributed by atoms with Crippen LogP contribution < -0.4 is 5.43 Å². The molecule has 0 saturated heterocycles.